The number of cyclic esters (lactones) is 2. The molecular weight excluding hydrogens is 404 g/mol. The van der Waals surface area contributed by atoms with E-state index in [4.69, 9.17) is 14.2 Å². The van der Waals surface area contributed by atoms with Gasteiger partial charge in [-0.1, -0.05) is 80.1 Å². The van der Waals surface area contributed by atoms with Crippen LogP contribution in [0.2, 0.25) is 0 Å². The fourth-order valence-electron chi connectivity index (χ4n) is 4.17. The van der Waals surface area contributed by atoms with Crippen LogP contribution in [-0.2, 0) is 19.0 Å². The van der Waals surface area contributed by atoms with Crippen molar-refractivity contribution < 1.29 is 23.8 Å². The molecule has 32 heavy (non-hydrogen) atoms. The molecule has 0 aromatic rings. The highest BCUT2D eigenvalue weighted by molar-refractivity contribution is 5.78. The van der Waals surface area contributed by atoms with E-state index in [1.165, 1.54) is 38.5 Å². The average Bonchev–Trinajstić information content (AvgIpc) is 2.71. The largest absolute Gasteiger partial charge is 0.508 e. The molecule has 0 amide bonds. The lowest BCUT2D eigenvalue weighted by Crippen LogP contribution is -2.45. The number of rotatable bonds is 16. The molecule has 0 aliphatic carbocycles. The number of esters is 1. The summed E-state index contributed by atoms with van der Waals surface area (Å²) in [6.07, 6.45) is 10.6. The SMILES string of the molecule is CC(C)CCCC(C)CCC(CCC(C)CCCC(C)C)OC(=O)C1(C)COC(=O)OC1. The number of carbonyl (C=O) groups is 2. The number of carbonyl (C=O) groups excluding carboxylic acids is 2. The van der Waals surface area contributed by atoms with Gasteiger partial charge in [0.15, 0.2) is 0 Å². The smallest absolute Gasteiger partial charge is 0.462 e. The van der Waals surface area contributed by atoms with Crippen LogP contribution in [0.4, 0.5) is 4.79 Å². The molecule has 1 heterocycles. The van der Waals surface area contributed by atoms with Crippen molar-refractivity contribution in [2.24, 2.45) is 29.1 Å². The van der Waals surface area contributed by atoms with E-state index in [9.17, 15) is 9.59 Å². The molecule has 1 rings (SSSR count). The van der Waals surface area contributed by atoms with E-state index in [-0.39, 0.29) is 25.3 Å². The predicted octanol–water partition coefficient (Wildman–Crippen LogP) is 7.56. The normalized spacial score (nSPS) is 18.7. The van der Waals surface area contributed by atoms with Crippen molar-refractivity contribution in [2.75, 3.05) is 13.2 Å². The third-order valence-corrected chi connectivity index (χ3v) is 6.70. The Balaban J connectivity index is 2.58. The standard InChI is InChI=1S/C27H50O5/c1-20(2)10-8-12-22(5)14-16-24(17-15-23(6)13-9-11-21(3)4)32-25(28)27(7)18-30-26(29)31-19-27/h20-24H,8-19H2,1-7H3. The van der Waals surface area contributed by atoms with Crippen molar-refractivity contribution >= 4 is 12.1 Å². The van der Waals surface area contributed by atoms with Gasteiger partial charge >= 0.3 is 12.1 Å². The Morgan fingerprint density at radius 3 is 1.62 bits per heavy atom. The summed E-state index contributed by atoms with van der Waals surface area (Å²) in [5.74, 6) is 2.46. The molecule has 5 heteroatoms. The molecule has 5 nitrogen and oxygen atoms in total. The van der Waals surface area contributed by atoms with Crippen molar-refractivity contribution in [3.63, 3.8) is 0 Å². The van der Waals surface area contributed by atoms with Crippen LogP contribution >= 0.6 is 0 Å². The Hall–Kier alpha value is -1.26. The van der Waals surface area contributed by atoms with Crippen LogP contribution in [0.25, 0.3) is 0 Å². The van der Waals surface area contributed by atoms with E-state index in [1.807, 2.05) is 0 Å². The number of ether oxygens (including phenoxy) is 3. The molecule has 2 unspecified atom stereocenters. The lowest BCUT2D eigenvalue weighted by atomic mass is 9.90. The summed E-state index contributed by atoms with van der Waals surface area (Å²) in [6, 6.07) is 0. The van der Waals surface area contributed by atoms with Crippen LogP contribution < -0.4 is 0 Å². The molecule has 2 atom stereocenters. The van der Waals surface area contributed by atoms with E-state index in [0.29, 0.717) is 11.8 Å². The maximum atomic E-state index is 12.9. The first-order chi connectivity index (χ1) is 15.0. The molecule has 0 bridgehead atoms. The van der Waals surface area contributed by atoms with Gasteiger partial charge in [0.1, 0.15) is 24.7 Å². The molecule has 0 saturated carbocycles. The molecule has 1 aliphatic heterocycles. The van der Waals surface area contributed by atoms with Gasteiger partial charge in [-0.3, -0.25) is 4.79 Å². The number of hydrogen-bond donors (Lipinski definition) is 0. The summed E-state index contributed by atoms with van der Waals surface area (Å²) in [7, 11) is 0. The molecule has 1 aliphatic rings. The van der Waals surface area contributed by atoms with Gasteiger partial charge < -0.3 is 14.2 Å². The van der Waals surface area contributed by atoms with E-state index < -0.39 is 11.6 Å². The predicted molar refractivity (Wildman–Crippen MR) is 129 cm³/mol. The van der Waals surface area contributed by atoms with Crippen LogP contribution in [0.3, 0.4) is 0 Å². The molecular formula is C27H50O5. The molecule has 188 valence electrons. The Kier molecular flexibility index (Phi) is 13.3. The first-order valence-electron chi connectivity index (χ1n) is 13.0. The van der Waals surface area contributed by atoms with Crippen LogP contribution in [0.15, 0.2) is 0 Å². The highest BCUT2D eigenvalue weighted by atomic mass is 16.7. The third-order valence-electron chi connectivity index (χ3n) is 6.70. The zero-order valence-corrected chi connectivity index (χ0v) is 21.9. The zero-order chi connectivity index (χ0) is 24.1. The Morgan fingerprint density at radius 2 is 1.22 bits per heavy atom. The van der Waals surface area contributed by atoms with E-state index in [2.05, 4.69) is 41.5 Å². The summed E-state index contributed by atoms with van der Waals surface area (Å²) in [6.45, 7) is 15.5. The molecule has 0 aromatic carbocycles. The van der Waals surface area contributed by atoms with Gasteiger partial charge in [-0.15, -0.1) is 0 Å². The highest BCUT2D eigenvalue weighted by Crippen LogP contribution is 2.28. The minimum absolute atomic E-state index is 0.0224. The number of hydrogen-bond acceptors (Lipinski definition) is 5. The van der Waals surface area contributed by atoms with Crippen molar-refractivity contribution in [3.05, 3.63) is 0 Å². The Morgan fingerprint density at radius 1 is 0.781 bits per heavy atom. The fraction of sp³-hybridized carbons (Fsp3) is 0.926. The van der Waals surface area contributed by atoms with E-state index in [1.54, 1.807) is 6.92 Å². The molecule has 0 spiro atoms. The van der Waals surface area contributed by atoms with E-state index in [0.717, 1.165) is 37.5 Å². The second-order valence-corrected chi connectivity index (χ2v) is 11.4. The average molecular weight is 455 g/mol. The molecule has 0 aromatic heterocycles. The first-order valence-corrected chi connectivity index (χ1v) is 13.0. The van der Waals surface area contributed by atoms with Gasteiger partial charge in [0.05, 0.1) is 0 Å². The van der Waals surface area contributed by atoms with Crippen molar-refractivity contribution in [1.29, 1.82) is 0 Å². The van der Waals surface area contributed by atoms with Crippen LogP contribution in [0.1, 0.15) is 113 Å². The minimum atomic E-state index is -0.919. The minimum Gasteiger partial charge on any atom is -0.462 e. The fourth-order valence-corrected chi connectivity index (χ4v) is 4.17. The third kappa shape index (κ3) is 12.1. The highest BCUT2D eigenvalue weighted by Gasteiger charge is 2.42. The molecule has 0 radical (unpaired) electrons. The maximum absolute atomic E-state index is 12.9. The van der Waals surface area contributed by atoms with Gasteiger partial charge in [-0.05, 0) is 56.3 Å². The maximum Gasteiger partial charge on any atom is 0.508 e. The monoisotopic (exact) mass is 454 g/mol. The lowest BCUT2D eigenvalue weighted by molar-refractivity contribution is -0.172. The van der Waals surface area contributed by atoms with Crippen molar-refractivity contribution in [2.45, 2.75) is 119 Å². The summed E-state index contributed by atoms with van der Waals surface area (Å²) < 4.78 is 15.9. The summed E-state index contributed by atoms with van der Waals surface area (Å²) >= 11 is 0. The lowest BCUT2D eigenvalue weighted by Gasteiger charge is -2.32. The second kappa shape index (κ2) is 14.8. The van der Waals surface area contributed by atoms with Gasteiger partial charge in [0.2, 0.25) is 0 Å². The van der Waals surface area contributed by atoms with Crippen LogP contribution in [0.5, 0.6) is 0 Å². The first kappa shape index (κ1) is 28.8. The quantitative estimate of drug-likeness (QED) is 0.225. The van der Waals surface area contributed by atoms with E-state index >= 15 is 0 Å². The van der Waals surface area contributed by atoms with Crippen molar-refractivity contribution in [1.82, 2.24) is 0 Å². The summed E-state index contributed by atoms with van der Waals surface area (Å²) in [4.78, 5) is 24.1. The van der Waals surface area contributed by atoms with Crippen molar-refractivity contribution in [3.8, 4) is 0 Å². The molecule has 1 fully saturated rings. The second-order valence-electron chi connectivity index (χ2n) is 11.4. The molecule has 0 N–H and O–H groups in total. The Bertz CT molecular complexity index is 508. The topological polar surface area (TPSA) is 61.8 Å². The zero-order valence-electron chi connectivity index (χ0n) is 21.9. The van der Waals surface area contributed by atoms with Gasteiger partial charge in [0.25, 0.3) is 0 Å². The van der Waals surface area contributed by atoms with Gasteiger partial charge in [-0.2, -0.15) is 0 Å². The van der Waals surface area contributed by atoms with Gasteiger partial charge in [-0.25, -0.2) is 4.79 Å². The summed E-state index contributed by atoms with van der Waals surface area (Å²) in [5, 5.41) is 0. The Labute approximate surface area is 197 Å². The summed E-state index contributed by atoms with van der Waals surface area (Å²) in [5.41, 5.74) is -0.919. The van der Waals surface area contributed by atoms with Gasteiger partial charge in [0, 0.05) is 0 Å². The van der Waals surface area contributed by atoms with Crippen LogP contribution in [-0.4, -0.2) is 31.4 Å². The molecule has 1 saturated heterocycles. The van der Waals surface area contributed by atoms with Crippen LogP contribution in [0, 0.1) is 29.1 Å².